The Kier molecular flexibility index (Phi) is 11.1. The molecule has 0 bridgehead atoms. The molecule has 240 valence electrons. The summed E-state index contributed by atoms with van der Waals surface area (Å²) >= 11 is 0. The average Bonchev–Trinajstić information content (AvgIpc) is 2.91. The van der Waals surface area contributed by atoms with E-state index >= 15 is 0 Å². The monoisotopic (exact) mass is 663 g/mol. The Balaban J connectivity index is 0.00000529. The predicted molar refractivity (Wildman–Crippen MR) is 159 cm³/mol. The molecule has 1 heterocycles. The summed E-state index contributed by atoms with van der Waals surface area (Å²) in [7, 11) is -3.72. The van der Waals surface area contributed by atoms with E-state index in [9.17, 15) is 40.3 Å². The number of anilines is 2. The second-order valence-corrected chi connectivity index (χ2v) is 12.0. The number of hydrogen-bond acceptors (Lipinski definition) is 6. The minimum atomic E-state index is -4.50. The molecule has 1 amide bonds. The van der Waals surface area contributed by atoms with Gasteiger partial charge in [0, 0.05) is 18.7 Å². The first-order chi connectivity index (χ1) is 20.1. The van der Waals surface area contributed by atoms with E-state index in [0.717, 1.165) is 18.4 Å². The van der Waals surface area contributed by atoms with E-state index < -0.39 is 33.6 Å². The Labute approximate surface area is 257 Å². The van der Waals surface area contributed by atoms with Gasteiger partial charge in [-0.05, 0) is 73.0 Å². The number of ether oxygens (including phenoxy) is 1. The Morgan fingerprint density at radius 1 is 1.05 bits per heavy atom. The van der Waals surface area contributed by atoms with Gasteiger partial charge in [-0.2, -0.15) is 13.2 Å². The fourth-order valence-corrected chi connectivity index (χ4v) is 5.22. The van der Waals surface area contributed by atoms with Crippen molar-refractivity contribution in [1.29, 1.82) is 0 Å². The molecular weight excluding hydrogens is 633 g/mol. The number of sulfonamides is 1. The van der Waals surface area contributed by atoms with Crippen molar-refractivity contribution in [3.05, 3.63) is 71.8 Å². The molecule has 0 spiro atoms. The van der Waals surface area contributed by atoms with E-state index in [-0.39, 0.29) is 60.4 Å². The van der Waals surface area contributed by atoms with Crippen LogP contribution in [0, 0.1) is 0 Å². The molecule has 3 aromatic rings. The van der Waals surface area contributed by atoms with Crippen LogP contribution < -0.4 is 14.8 Å². The zero-order valence-electron chi connectivity index (χ0n) is 23.5. The number of carbonyl (C=O) groups is 1. The number of phenolic OH excluding ortho intramolecular Hbond substituents is 1. The maximum Gasteiger partial charge on any atom is 0.416 e. The lowest BCUT2D eigenvalue weighted by Crippen LogP contribution is -2.43. The molecule has 0 atom stereocenters. The van der Waals surface area contributed by atoms with Gasteiger partial charge in [0.25, 0.3) is 11.8 Å². The largest absolute Gasteiger partial charge is 0.506 e. The summed E-state index contributed by atoms with van der Waals surface area (Å²) in [5.41, 5.74) is 0.155. The van der Waals surface area contributed by atoms with Crippen molar-refractivity contribution < 1.29 is 45.0 Å². The number of halogens is 6. The van der Waals surface area contributed by atoms with Gasteiger partial charge in [0.15, 0.2) is 0 Å². The van der Waals surface area contributed by atoms with Crippen LogP contribution in [0.3, 0.4) is 0 Å². The molecule has 15 heteroatoms. The summed E-state index contributed by atoms with van der Waals surface area (Å²) in [6.07, 6.45) is -3.00. The number of benzene rings is 3. The summed E-state index contributed by atoms with van der Waals surface area (Å²) in [6, 6.07) is 12.7. The van der Waals surface area contributed by atoms with Crippen LogP contribution >= 0.6 is 12.4 Å². The molecule has 44 heavy (non-hydrogen) atoms. The standard InChI is InChI=1S/C29H30F5N3O5S.ClH/c1-43(40,41)36-24-17-22(9-11-25(24)38)35-27(39)23-10-6-20(19-4-7-21(8-5-19)29(32,33)34)16-26(23)42-15-3-14-37-13-2-12-28(30,31)18-37;/h4-11,16-17,36,38H,2-3,12-15,18H2,1H3,(H,35,39);1H. The normalized spacial score (nSPS) is 15.2. The van der Waals surface area contributed by atoms with Crippen molar-refractivity contribution in [3.8, 4) is 22.6 Å². The highest BCUT2D eigenvalue weighted by Crippen LogP contribution is 2.34. The number of nitrogens with one attached hydrogen (secondary N) is 2. The average molecular weight is 664 g/mol. The van der Waals surface area contributed by atoms with E-state index in [2.05, 4.69) is 10.0 Å². The lowest BCUT2D eigenvalue weighted by molar-refractivity contribution is -0.137. The number of alkyl halides is 5. The van der Waals surface area contributed by atoms with Gasteiger partial charge in [-0.3, -0.25) is 14.4 Å². The van der Waals surface area contributed by atoms with Gasteiger partial charge in [-0.1, -0.05) is 18.2 Å². The summed E-state index contributed by atoms with van der Waals surface area (Å²) in [4.78, 5) is 14.9. The number of hydrogen-bond donors (Lipinski definition) is 3. The Morgan fingerprint density at radius 2 is 1.73 bits per heavy atom. The molecule has 3 aromatic carbocycles. The minimum Gasteiger partial charge on any atom is -0.506 e. The van der Waals surface area contributed by atoms with Crippen molar-refractivity contribution in [1.82, 2.24) is 4.90 Å². The number of likely N-dealkylation sites (tertiary alicyclic amines) is 1. The summed E-state index contributed by atoms with van der Waals surface area (Å²) < 4.78 is 97.8. The van der Waals surface area contributed by atoms with Crippen LogP contribution in [0.25, 0.3) is 11.1 Å². The van der Waals surface area contributed by atoms with E-state index in [0.29, 0.717) is 37.1 Å². The SMILES string of the molecule is CS(=O)(=O)Nc1cc(NC(=O)c2ccc(-c3ccc(C(F)(F)F)cc3)cc2OCCCN2CCCC(F)(F)C2)ccc1O.Cl. The van der Waals surface area contributed by atoms with Crippen LogP contribution in [0.4, 0.5) is 33.3 Å². The molecule has 1 saturated heterocycles. The van der Waals surface area contributed by atoms with Crippen LogP contribution in [0.15, 0.2) is 60.7 Å². The van der Waals surface area contributed by atoms with Gasteiger partial charge in [0.2, 0.25) is 10.0 Å². The number of amides is 1. The Morgan fingerprint density at radius 3 is 2.36 bits per heavy atom. The van der Waals surface area contributed by atoms with Crippen molar-refractivity contribution in [3.63, 3.8) is 0 Å². The van der Waals surface area contributed by atoms with Crippen LogP contribution in [-0.2, 0) is 16.2 Å². The molecule has 0 aromatic heterocycles. The number of aromatic hydroxyl groups is 1. The number of nitrogens with zero attached hydrogens (tertiary/aromatic N) is 1. The number of piperidine rings is 1. The zero-order valence-corrected chi connectivity index (χ0v) is 25.1. The van der Waals surface area contributed by atoms with E-state index in [1.165, 1.54) is 48.5 Å². The molecule has 8 nitrogen and oxygen atoms in total. The van der Waals surface area contributed by atoms with Crippen LogP contribution in [0.5, 0.6) is 11.5 Å². The van der Waals surface area contributed by atoms with Gasteiger partial charge in [-0.25, -0.2) is 17.2 Å². The fourth-order valence-electron chi connectivity index (χ4n) is 4.66. The molecule has 0 aliphatic carbocycles. The first kappa shape index (κ1) is 34.9. The fraction of sp³-hybridized carbons (Fsp3) is 0.345. The molecule has 1 aliphatic rings. The third kappa shape index (κ3) is 9.69. The molecule has 0 unspecified atom stereocenters. The van der Waals surface area contributed by atoms with Crippen molar-refractivity contribution in [2.45, 2.75) is 31.4 Å². The third-order valence-electron chi connectivity index (χ3n) is 6.67. The molecule has 3 N–H and O–H groups in total. The lowest BCUT2D eigenvalue weighted by atomic mass is 10.0. The smallest absolute Gasteiger partial charge is 0.416 e. The predicted octanol–water partition coefficient (Wildman–Crippen LogP) is 6.62. The number of rotatable bonds is 10. The highest BCUT2D eigenvalue weighted by Gasteiger charge is 2.34. The third-order valence-corrected chi connectivity index (χ3v) is 7.26. The molecular formula is C29H31ClF5N3O5S. The highest BCUT2D eigenvalue weighted by atomic mass is 35.5. The van der Waals surface area contributed by atoms with Crippen LogP contribution in [0.1, 0.15) is 35.2 Å². The first-order valence-corrected chi connectivity index (χ1v) is 15.2. The van der Waals surface area contributed by atoms with Crippen molar-refractivity contribution in [2.75, 3.05) is 42.5 Å². The van der Waals surface area contributed by atoms with E-state index in [1.807, 2.05) is 0 Å². The lowest BCUT2D eigenvalue weighted by Gasteiger charge is -2.32. The van der Waals surface area contributed by atoms with Gasteiger partial charge < -0.3 is 15.2 Å². The van der Waals surface area contributed by atoms with Gasteiger partial charge in [0.1, 0.15) is 11.5 Å². The summed E-state index contributed by atoms with van der Waals surface area (Å²) in [6.45, 7) is 0.613. The van der Waals surface area contributed by atoms with Crippen LogP contribution in [-0.4, -0.2) is 62.8 Å². The molecule has 0 radical (unpaired) electrons. The minimum absolute atomic E-state index is 0. The van der Waals surface area contributed by atoms with Crippen molar-refractivity contribution in [2.24, 2.45) is 0 Å². The summed E-state index contributed by atoms with van der Waals surface area (Å²) in [5.74, 6) is -3.65. The summed E-state index contributed by atoms with van der Waals surface area (Å²) in [5, 5.41) is 12.6. The topological polar surface area (TPSA) is 108 Å². The second-order valence-electron chi connectivity index (χ2n) is 10.3. The van der Waals surface area contributed by atoms with Crippen LogP contribution in [0.2, 0.25) is 0 Å². The highest BCUT2D eigenvalue weighted by molar-refractivity contribution is 7.92. The number of phenols is 1. The van der Waals surface area contributed by atoms with Crippen molar-refractivity contribution >= 4 is 39.7 Å². The quantitative estimate of drug-likeness (QED) is 0.0974. The van der Waals surface area contributed by atoms with Gasteiger partial charge >= 0.3 is 6.18 Å². The maximum absolute atomic E-state index is 13.7. The second kappa shape index (κ2) is 14.0. The Hall–Kier alpha value is -3.62. The number of carbonyl (C=O) groups excluding carboxylic acids is 1. The Bertz CT molecular complexity index is 1570. The first-order valence-electron chi connectivity index (χ1n) is 13.3. The van der Waals surface area contributed by atoms with Gasteiger partial charge in [-0.15, -0.1) is 12.4 Å². The molecule has 1 fully saturated rings. The molecule has 1 aliphatic heterocycles. The zero-order chi connectivity index (χ0) is 31.4. The van der Waals surface area contributed by atoms with Gasteiger partial charge in [0.05, 0.1) is 36.2 Å². The molecule has 4 rings (SSSR count). The van der Waals surface area contributed by atoms with E-state index in [1.54, 1.807) is 4.90 Å². The molecule has 0 saturated carbocycles. The maximum atomic E-state index is 13.7. The van der Waals surface area contributed by atoms with E-state index in [4.69, 9.17) is 4.74 Å².